The lowest BCUT2D eigenvalue weighted by Gasteiger charge is -2.10. The largest absolute Gasteiger partial charge is 0.497 e. The smallest absolute Gasteiger partial charge is 0.250 e. The molecule has 6 heteroatoms. The molecule has 0 aliphatic heterocycles. The number of hydrogen-bond acceptors (Lipinski definition) is 5. The monoisotopic (exact) mass is 285 g/mol. The van der Waals surface area contributed by atoms with Crippen LogP contribution >= 0.6 is 0 Å². The Morgan fingerprint density at radius 2 is 2.05 bits per heavy atom. The fraction of sp³-hybridized carbons (Fsp3) is 0.200. The zero-order chi connectivity index (χ0) is 15.2. The maximum atomic E-state index is 11.6. The molecule has 108 valence electrons. The Labute approximate surface area is 121 Å². The summed E-state index contributed by atoms with van der Waals surface area (Å²) in [6, 6.07) is 9.92. The van der Waals surface area contributed by atoms with Crippen molar-refractivity contribution in [2.45, 2.75) is 6.54 Å². The molecule has 0 fully saturated rings. The molecule has 0 unspecified atom stereocenters. The second-order valence-electron chi connectivity index (χ2n) is 4.35. The van der Waals surface area contributed by atoms with Gasteiger partial charge in [0.2, 0.25) is 0 Å². The fourth-order valence-corrected chi connectivity index (χ4v) is 1.82. The van der Waals surface area contributed by atoms with E-state index in [1.54, 1.807) is 30.5 Å². The quantitative estimate of drug-likeness (QED) is 0.896. The van der Waals surface area contributed by atoms with E-state index in [0.29, 0.717) is 29.3 Å². The number of ether oxygens (including phenoxy) is 2. The molecule has 2 rings (SSSR count). The normalized spacial score (nSPS) is 9.90. The molecule has 0 bridgehead atoms. The molecule has 0 radical (unpaired) electrons. The number of anilines is 1. The highest BCUT2D eigenvalue weighted by atomic mass is 16.5. The average molecular weight is 285 g/mol. The predicted molar refractivity (Wildman–Crippen MR) is 78.3 cm³/mol. The fourth-order valence-electron chi connectivity index (χ4n) is 1.82. The minimum Gasteiger partial charge on any atom is -0.497 e. The summed E-state index contributed by atoms with van der Waals surface area (Å²) in [6.45, 7) is 0.643. The Hall–Kier alpha value is -2.94. The van der Waals surface area contributed by atoms with Gasteiger partial charge >= 0.3 is 0 Å². The molecule has 0 atom stereocenters. The first-order valence-corrected chi connectivity index (χ1v) is 6.30. The van der Waals surface area contributed by atoms with Gasteiger partial charge in [0.15, 0.2) is 0 Å². The van der Waals surface area contributed by atoms with E-state index in [1.807, 2.05) is 6.07 Å². The van der Waals surface area contributed by atoms with E-state index in [1.165, 1.54) is 17.7 Å². The van der Waals surface area contributed by atoms with Crippen LogP contribution in [0.3, 0.4) is 0 Å². The number of hydrogen-bond donors (Lipinski definition) is 1. The SMILES string of the molecule is COc1cc(C#N)cc(OCCn2cc(N)ccc2=O)c1. The molecule has 2 N–H and O–H groups in total. The van der Waals surface area contributed by atoms with Crippen LogP contribution in [0.5, 0.6) is 11.5 Å². The van der Waals surface area contributed by atoms with Gasteiger partial charge in [0, 0.05) is 24.0 Å². The van der Waals surface area contributed by atoms with Gasteiger partial charge in [-0.15, -0.1) is 0 Å². The van der Waals surface area contributed by atoms with Crippen molar-refractivity contribution in [1.82, 2.24) is 4.57 Å². The molecule has 21 heavy (non-hydrogen) atoms. The molecule has 1 aromatic carbocycles. The number of pyridine rings is 1. The van der Waals surface area contributed by atoms with Crippen molar-refractivity contribution < 1.29 is 9.47 Å². The summed E-state index contributed by atoms with van der Waals surface area (Å²) in [5.74, 6) is 1.06. The van der Waals surface area contributed by atoms with Crippen LogP contribution in [0.4, 0.5) is 5.69 Å². The van der Waals surface area contributed by atoms with Crippen molar-refractivity contribution in [3.05, 3.63) is 52.4 Å². The van der Waals surface area contributed by atoms with Crippen LogP contribution in [0.1, 0.15) is 5.56 Å². The predicted octanol–water partition coefficient (Wildman–Crippen LogP) is 1.39. The van der Waals surface area contributed by atoms with Crippen LogP contribution in [0.15, 0.2) is 41.3 Å². The Kier molecular flexibility index (Phi) is 4.46. The summed E-state index contributed by atoms with van der Waals surface area (Å²) in [5, 5.41) is 8.93. The number of nitrogen functional groups attached to an aromatic ring is 1. The van der Waals surface area contributed by atoms with Crippen molar-refractivity contribution >= 4 is 5.69 Å². The first-order chi connectivity index (χ1) is 10.1. The lowest BCUT2D eigenvalue weighted by molar-refractivity contribution is 0.294. The Morgan fingerprint density at radius 3 is 2.76 bits per heavy atom. The molecule has 2 aromatic rings. The summed E-state index contributed by atoms with van der Waals surface area (Å²) in [4.78, 5) is 11.6. The molecule has 0 saturated heterocycles. The maximum absolute atomic E-state index is 11.6. The maximum Gasteiger partial charge on any atom is 0.250 e. The van der Waals surface area contributed by atoms with Crippen molar-refractivity contribution in [2.75, 3.05) is 19.5 Å². The third kappa shape index (κ3) is 3.76. The van der Waals surface area contributed by atoms with Gasteiger partial charge in [-0.25, -0.2) is 0 Å². The molecule has 0 aliphatic rings. The first-order valence-electron chi connectivity index (χ1n) is 6.30. The van der Waals surface area contributed by atoms with E-state index in [2.05, 4.69) is 0 Å². The molecular formula is C15H15N3O3. The molecule has 0 aliphatic carbocycles. The third-order valence-electron chi connectivity index (χ3n) is 2.85. The number of nitrogens with two attached hydrogens (primary N) is 1. The zero-order valence-electron chi connectivity index (χ0n) is 11.6. The van der Waals surface area contributed by atoms with Gasteiger partial charge in [0.1, 0.15) is 18.1 Å². The van der Waals surface area contributed by atoms with E-state index < -0.39 is 0 Å². The van der Waals surface area contributed by atoms with Gasteiger partial charge in [0.25, 0.3) is 5.56 Å². The summed E-state index contributed by atoms with van der Waals surface area (Å²) >= 11 is 0. The van der Waals surface area contributed by atoms with Gasteiger partial charge in [-0.2, -0.15) is 5.26 Å². The first kappa shape index (κ1) is 14.5. The molecule has 0 saturated carbocycles. The summed E-state index contributed by atoms with van der Waals surface area (Å²) in [7, 11) is 1.52. The second kappa shape index (κ2) is 6.48. The van der Waals surface area contributed by atoms with Crippen LogP contribution in [0, 0.1) is 11.3 Å². The number of benzene rings is 1. The number of aromatic nitrogens is 1. The van der Waals surface area contributed by atoms with E-state index in [-0.39, 0.29) is 12.2 Å². The zero-order valence-corrected chi connectivity index (χ0v) is 11.6. The van der Waals surface area contributed by atoms with E-state index in [9.17, 15) is 4.79 Å². The molecule has 1 heterocycles. The van der Waals surface area contributed by atoms with Crippen molar-refractivity contribution in [2.24, 2.45) is 0 Å². The molecule has 0 spiro atoms. The van der Waals surface area contributed by atoms with Crippen molar-refractivity contribution in [3.8, 4) is 17.6 Å². The highest BCUT2D eigenvalue weighted by Crippen LogP contribution is 2.22. The van der Waals surface area contributed by atoms with Gasteiger partial charge in [0.05, 0.1) is 25.3 Å². The van der Waals surface area contributed by atoms with Crippen molar-refractivity contribution in [3.63, 3.8) is 0 Å². The van der Waals surface area contributed by atoms with Crippen LogP contribution in [-0.2, 0) is 6.54 Å². The molecule has 0 amide bonds. The molecule has 6 nitrogen and oxygen atoms in total. The summed E-state index contributed by atoms with van der Waals surface area (Å²) in [5.41, 5.74) is 6.46. The third-order valence-corrected chi connectivity index (χ3v) is 2.85. The Balaban J connectivity index is 2.05. The van der Waals surface area contributed by atoms with Gasteiger partial charge in [-0.1, -0.05) is 0 Å². The van der Waals surface area contributed by atoms with Crippen molar-refractivity contribution in [1.29, 1.82) is 5.26 Å². The minimum absolute atomic E-state index is 0.142. The van der Waals surface area contributed by atoms with E-state index >= 15 is 0 Å². The van der Waals surface area contributed by atoms with Crippen LogP contribution < -0.4 is 20.8 Å². The lowest BCUT2D eigenvalue weighted by Crippen LogP contribution is -2.22. The lowest BCUT2D eigenvalue weighted by atomic mass is 10.2. The second-order valence-corrected chi connectivity index (χ2v) is 4.35. The standard InChI is InChI=1S/C15H15N3O3/c1-20-13-6-11(9-16)7-14(8-13)21-5-4-18-10-12(17)2-3-15(18)19/h2-3,6-8,10H,4-5,17H2,1H3. The highest BCUT2D eigenvalue weighted by molar-refractivity contribution is 5.43. The van der Waals surface area contributed by atoms with Gasteiger partial charge in [-0.3, -0.25) is 4.79 Å². The number of nitrogens with zero attached hydrogens (tertiary/aromatic N) is 2. The Bertz CT molecular complexity index is 732. The molecule has 1 aromatic heterocycles. The summed E-state index contributed by atoms with van der Waals surface area (Å²) in [6.07, 6.45) is 1.57. The van der Waals surface area contributed by atoms with Crippen LogP contribution in [0.25, 0.3) is 0 Å². The van der Waals surface area contributed by atoms with E-state index in [4.69, 9.17) is 20.5 Å². The van der Waals surface area contributed by atoms with Gasteiger partial charge < -0.3 is 19.8 Å². The number of rotatable bonds is 5. The van der Waals surface area contributed by atoms with Crippen LogP contribution in [0.2, 0.25) is 0 Å². The number of methoxy groups -OCH3 is 1. The summed E-state index contributed by atoms with van der Waals surface area (Å²) < 4.78 is 12.1. The average Bonchev–Trinajstić information content (AvgIpc) is 2.50. The Morgan fingerprint density at radius 1 is 1.29 bits per heavy atom. The topological polar surface area (TPSA) is 90.3 Å². The van der Waals surface area contributed by atoms with Gasteiger partial charge in [-0.05, 0) is 18.2 Å². The molecular weight excluding hydrogens is 270 g/mol. The minimum atomic E-state index is -0.142. The van der Waals surface area contributed by atoms with E-state index in [0.717, 1.165) is 0 Å². The number of nitriles is 1. The van der Waals surface area contributed by atoms with Crippen LogP contribution in [-0.4, -0.2) is 18.3 Å². The highest BCUT2D eigenvalue weighted by Gasteiger charge is 2.03.